The molecule has 148 valence electrons. The lowest BCUT2D eigenvalue weighted by atomic mass is 10.1. The van der Waals surface area contributed by atoms with Crippen LogP contribution in [-0.2, 0) is 22.3 Å². The fourth-order valence-corrected chi connectivity index (χ4v) is 4.03. The molecular formula is C19H28N4O2S2. The second kappa shape index (κ2) is 10.4. The molecule has 0 saturated carbocycles. The molecule has 1 unspecified atom stereocenters. The van der Waals surface area contributed by atoms with Crippen molar-refractivity contribution in [3.8, 4) is 0 Å². The third-order valence-electron chi connectivity index (χ3n) is 4.06. The first kappa shape index (κ1) is 21.4. The lowest BCUT2D eigenvalue weighted by molar-refractivity contribution is 0.587. The van der Waals surface area contributed by atoms with Gasteiger partial charge in [0.15, 0.2) is 5.96 Å². The molecule has 0 fully saturated rings. The molecular weight excluding hydrogens is 380 g/mol. The van der Waals surface area contributed by atoms with Gasteiger partial charge < -0.3 is 10.6 Å². The second-order valence-corrected chi connectivity index (χ2v) is 9.18. The van der Waals surface area contributed by atoms with Gasteiger partial charge in [-0.15, -0.1) is 11.3 Å². The van der Waals surface area contributed by atoms with Gasteiger partial charge in [-0.25, -0.2) is 18.1 Å². The molecule has 1 heterocycles. The van der Waals surface area contributed by atoms with E-state index in [1.54, 1.807) is 11.3 Å². The summed E-state index contributed by atoms with van der Waals surface area (Å²) >= 11 is 1.77. The molecule has 3 N–H and O–H groups in total. The zero-order valence-corrected chi connectivity index (χ0v) is 17.7. The number of benzene rings is 1. The van der Waals surface area contributed by atoms with Gasteiger partial charge in [0.25, 0.3) is 0 Å². The van der Waals surface area contributed by atoms with Gasteiger partial charge in [-0.1, -0.05) is 37.3 Å². The van der Waals surface area contributed by atoms with Crippen molar-refractivity contribution in [1.82, 2.24) is 15.4 Å². The van der Waals surface area contributed by atoms with Crippen LogP contribution in [0.25, 0.3) is 0 Å². The van der Waals surface area contributed by atoms with Crippen molar-refractivity contribution in [1.29, 1.82) is 0 Å². The highest BCUT2D eigenvalue weighted by atomic mass is 32.2. The van der Waals surface area contributed by atoms with Crippen LogP contribution in [0.2, 0.25) is 0 Å². The maximum Gasteiger partial charge on any atom is 0.215 e. The molecule has 6 nitrogen and oxygen atoms in total. The van der Waals surface area contributed by atoms with Crippen LogP contribution < -0.4 is 15.4 Å². The lowest BCUT2D eigenvalue weighted by Crippen LogP contribution is -2.39. The van der Waals surface area contributed by atoms with Gasteiger partial charge in [-0.3, -0.25) is 0 Å². The highest BCUT2D eigenvalue weighted by molar-refractivity contribution is 7.88. The maximum atomic E-state index is 11.6. The van der Waals surface area contributed by atoms with Crippen LogP contribution in [0.1, 0.15) is 35.8 Å². The molecule has 27 heavy (non-hydrogen) atoms. The van der Waals surface area contributed by atoms with E-state index in [9.17, 15) is 8.42 Å². The standard InChI is InChI=1S/C19H28N4O2S2/c1-4-21-19(22-12-15(2)18-6-5-11-26-18)23-13-16-7-9-17(10-8-16)14-27(24,25)20-3/h5-11,15,20H,4,12-14H2,1-3H3,(H2,21,22,23). The summed E-state index contributed by atoms with van der Waals surface area (Å²) in [5, 5.41) is 8.74. The van der Waals surface area contributed by atoms with Gasteiger partial charge in [0, 0.05) is 23.9 Å². The summed E-state index contributed by atoms with van der Waals surface area (Å²) in [7, 11) is -1.83. The molecule has 0 spiro atoms. The van der Waals surface area contributed by atoms with Gasteiger partial charge in [0.2, 0.25) is 10.0 Å². The lowest BCUT2D eigenvalue weighted by Gasteiger charge is -2.15. The van der Waals surface area contributed by atoms with Crippen LogP contribution >= 0.6 is 11.3 Å². The Morgan fingerprint density at radius 1 is 1.15 bits per heavy atom. The van der Waals surface area contributed by atoms with E-state index in [0.29, 0.717) is 12.5 Å². The van der Waals surface area contributed by atoms with Crippen molar-refractivity contribution in [2.75, 3.05) is 20.1 Å². The molecule has 0 aliphatic heterocycles. The van der Waals surface area contributed by atoms with Crippen LogP contribution in [0.15, 0.2) is 46.8 Å². The number of hydrogen-bond donors (Lipinski definition) is 3. The topological polar surface area (TPSA) is 82.6 Å². The monoisotopic (exact) mass is 408 g/mol. The summed E-state index contributed by atoms with van der Waals surface area (Å²) < 4.78 is 25.5. The van der Waals surface area contributed by atoms with Crippen LogP contribution in [0, 0.1) is 0 Å². The third kappa shape index (κ3) is 7.32. The highest BCUT2D eigenvalue weighted by Gasteiger charge is 2.09. The first-order chi connectivity index (χ1) is 12.9. The molecule has 0 saturated heterocycles. The van der Waals surface area contributed by atoms with Gasteiger partial charge in [-0.05, 0) is 36.5 Å². The summed E-state index contributed by atoms with van der Waals surface area (Å²) in [6, 6.07) is 11.7. The highest BCUT2D eigenvalue weighted by Crippen LogP contribution is 2.19. The van der Waals surface area contributed by atoms with E-state index >= 15 is 0 Å². The summed E-state index contributed by atoms with van der Waals surface area (Å²) in [5.74, 6) is 1.18. The Hall–Kier alpha value is -1.90. The summed E-state index contributed by atoms with van der Waals surface area (Å²) in [6.07, 6.45) is 0. The number of aliphatic imine (C=N–C) groups is 1. The average molecular weight is 409 g/mol. The van der Waals surface area contributed by atoms with E-state index in [1.807, 2.05) is 31.2 Å². The van der Waals surface area contributed by atoms with E-state index in [4.69, 9.17) is 0 Å². The van der Waals surface area contributed by atoms with E-state index in [0.717, 1.165) is 30.2 Å². The molecule has 8 heteroatoms. The molecule has 1 aromatic carbocycles. The van der Waals surface area contributed by atoms with Crippen LogP contribution in [0.3, 0.4) is 0 Å². The first-order valence-corrected chi connectivity index (χ1v) is 11.5. The van der Waals surface area contributed by atoms with Gasteiger partial charge in [-0.2, -0.15) is 0 Å². The Bertz CT molecular complexity index is 816. The molecule has 1 atom stereocenters. The fraction of sp³-hybridized carbons (Fsp3) is 0.421. The van der Waals surface area contributed by atoms with Crippen LogP contribution in [-0.4, -0.2) is 34.5 Å². The fourth-order valence-electron chi connectivity index (χ4n) is 2.47. The number of sulfonamides is 1. The van der Waals surface area contributed by atoms with Crippen LogP contribution in [0.5, 0.6) is 0 Å². The Morgan fingerprint density at radius 2 is 1.85 bits per heavy atom. The maximum absolute atomic E-state index is 11.6. The van der Waals surface area contributed by atoms with Crippen molar-refractivity contribution in [3.05, 3.63) is 57.8 Å². The molecule has 0 aliphatic carbocycles. The number of guanidine groups is 1. The Balaban J connectivity index is 1.93. The minimum absolute atomic E-state index is 0.0160. The van der Waals surface area contributed by atoms with E-state index in [1.165, 1.54) is 11.9 Å². The summed E-state index contributed by atoms with van der Waals surface area (Å²) in [6.45, 7) is 6.37. The van der Waals surface area contributed by atoms with Gasteiger partial charge in [0.05, 0.1) is 12.3 Å². The van der Waals surface area contributed by atoms with Crippen molar-refractivity contribution in [2.45, 2.75) is 32.1 Å². The molecule has 2 aromatic rings. The Morgan fingerprint density at radius 3 is 2.44 bits per heavy atom. The first-order valence-electron chi connectivity index (χ1n) is 8.98. The normalized spacial score (nSPS) is 13.4. The summed E-state index contributed by atoms with van der Waals surface area (Å²) in [4.78, 5) is 5.98. The Kier molecular flexibility index (Phi) is 8.27. The molecule has 0 amide bonds. The molecule has 0 bridgehead atoms. The summed E-state index contributed by atoms with van der Waals surface area (Å²) in [5.41, 5.74) is 1.79. The van der Waals surface area contributed by atoms with Crippen LogP contribution in [0.4, 0.5) is 0 Å². The quantitative estimate of drug-likeness (QED) is 0.440. The minimum atomic E-state index is -3.25. The van der Waals surface area contributed by atoms with Crippen molar-refractivity contribution < 1.29 is 8.42 Å². The number of rotatable bonds is 9. The van der Waals surface area contributed by atoms with E-state index in [-0.39, 0.29) is 5.75 Å². The largest absolute Gasteiger partial charge is 0.357 e. The molecule has 2 rings (SSSR count). The van der Waals surface area contributed by atoms with E-state index < -0.39 is 10.0 Å². The predicted molar refractivity (Wildman–Crippen MR) is 114 cm³/mol. The van der Waals surface area contributed by atoms with Gasteiger partial charge >= 0.3 is 0 Å². The third-order valence-corrected chi connectivity index (χ3v) is 6.50. The number of nitrogens with zero attached hydrogens (tertiary/aromatic N) is 1. The van der Waals surface area contributed by atoms with Crippen molar-refractivity contribution >= 4 is 27.3 Å². The zero-order chi connectivity index (χ0) is 19.7. The zero-order valence-electron chi connectivity index (χ0n) is 16.0. The number of hydrogen-bond acceptors (Lipinski definition) is 4. The molecule has 1 aromatic heterocycles. The second-order valence-electron chi connectivity index (χ2n) is 6.27. The smallest absolute Gasteiger partial charge is 0.215 e. The minimum Gasteiger partial charge on any atom is -0.357 e. The predicted octanol–water partition coefficient (Wildman–Crippen LogP) is 2.66. The molecule has 0 radical (unpaired) electrons. The average Bonchev–Trinajstić information content (AvgIpc) is 3.19. The SMILES string of the molecule is CCNC(=NCc1ccc(CS(=O)(=O)NC)cc1)NCC(C)c1cccs1. The number of nitrogens with one attached hydrogen (secondary N) is 3. The number of thiophene rings is 1. The van der Waals surface area contributed by atoms with Crippen molar-refractivity contribution in [2.24, 2.45) is 4.99 Å². The van der Waals surface area contributed by atoms with E-state index in [2.05, 4.69) is 44.8 Å². The van der Waals surface area contributed by atoms with Gasteiger partial charge in [0.1, 0.15) is 0 Å². The molecule has 0 aliphatic rings. The Labute approximate surface area is 166 Å². The van der Waals surface area contributed by atoms with Crippen molar-refractivity contribution in [3.63, 3.8) is 0 Å².